The molecule has 0 aromatic rings. The standard InChI is InChI=1S/C8H12O/c1-4-8(9)5-7(8)6(2)3/h1,6-7,9H,5H2,2-3H3/t7-,8-/m0/s1. The van der Waals surface area contributed by atoms with Crippen molar-refractivity contribution in [2.75, 3.05) is 0 Å². The van der Waals surface area contributed by atoms with Crippen LogP contribution in [0, 0.1) is 24.2 Å². The monoisotopic (exact) mass is 124 g/mol. The van der Waals surface area contributed by atoms with Crippen molar-refractivity contribution in [1.29, 1.82) is 0 Å². The molecule has 0 amide bonds. The summed E-state index contributed by atoms with van der Waals surface area (Å²) in [6, 6.07) is 0. The Balaban J connectivity index is 2.51. The van der Waals surface area contributed by atoms with Crippen molar-refractivity contribution in [2.45, 2.75) is 25.9 Å². The lowest BCUT2D eigenvalue weighted by atomic mass is 10.1. The largest absolute Gasteiger partial charge is 0.377 e. The van der Waals surface area contributed by atoms with E-state index in [2.05, 4.69) is 19.8 Å². The number of rotatable bonds is 1. The molecule has 0 unspecified atom stereocenters. The predicted molar refractivity (Wildman–Crippen MR) is 36.7 cm³/mol. The van der Waals surface area contributed by atoms with Gasteiger partial charge in [-0.15, -0.1) is 6.42 Å². The minimum atomic E-state index is -0.742. The molecule has 1 aliphatic carbocycles. The lowest BCUT2D eigenvalue weighted by Gasteiger charge is -2.03. The van der Waals surface area contributed by atoms with Crippen molar-refractivity contribution in [2.24, 2.45) is 11.8 Å². The van der Waals surface area contributed by atoms with Gasteiger partial charge in [0.25, 0.3) is 0 Å². The first-order valence-electron chi connectivity index (χ1n) is 3.30. The van der Waals surface area contributed by atoms with Gasteiger partial charge in [-0.1, -0.05) is 19.8 Å². The number of hydrogen-bond acceptors (Lipinski definition) is 1. The number of hydrogen-bond donors (Lipinski definition) is 1. The molecule has 0 saturated heterocycles. The molecule has 0 aromatic carbocycles. The van der Waals surface area contributed by atoms with Gasteiger partial charge in [0.15, 0.2) is 0 Å². The first-order chi connectivity index (χ1) is 4.10. The molecule has 50 valence electrons. The Morgan fingerprint density at radius 2 is 2.33 bits per heavy atom. The fourth-order valence-electron chi connectivity index (χ4n) is 1.23. The van der Waals surface area contributed by atoms with Crippen LogP contribution in [0.3, 0.4) is 0 Å². The summed E-state index contributed by atoms with van der Waals surface area (Å²) in [5.74, 6) is 3.27. The highest BCUT2D eigenvalue weighted by molar-refractivity contribution is 5.22. The summed E-state index contributed by atoms with van der Waals surface area (Å²) in [7, 11) is 0. The summed E-state index contributed by atoms with van der Waals surface area (Å²) >= 11 is 0. The first kappa shape index (κ1) is 6.64. The van der Waals surface area contributed by atoms with Crippen LogP contribution < -0.4 is 0 Å². The van der Waals surface area contributed by atoms with Crippen molar-refractivity contribution < 1.29 is 5.11 Å². The Labute approximate surface area is 56.1 Å². The second-order valence-electron chi connectivity index (χ2n) is 3.12. The van der Waals surface area contributed by atoms with Crippen LogP contribution in [0.4, 0.5) is 0 Å². The van der Waals surface area contributed by atoms with Gasteiger partial charge < -0.3 is 5.11 Å². The topological polar surface area (TPSA) is 20.2 Å². The third-order valence-electron chi connectivity index (χ3n) is 2.04. The normalized spacial score (nSPS) is 40.6. The lowest BCUT2D eigenvalue weighted by molar-refractivity contribution is 0.180. The van der Waals surface area contributed by atoms with Crippen LogP contribution in [0.2, 0.25) is 0 Å². The van der Waals surface area contributed by atoms with E-state index < -0.39 is 5.60 Å². The molecule has 1 rings (SSSR count). The van der Waals surface area contributed by atoms with E-state index in [0.717, 1.165) is 6.42 Å². The predicted octanol–water partition coefficient (Wildman–Crippen LogP) is 1.03. The molecular formula is C8H12O. The van der Waals surface area contributed by atoms with E-state index in [9.17, 15) is 5.11 Å². The highest BCUT2D eigenvalue weighted by Gasteiger charge is 2.52. The van der Waals surface area contributed by atoms with E-state index in [1.54, 1.807) is 0 Å². The van der Waals surface area contributed by atoms with E-state index in [-0.39, 0.29) is 0 Å². The molecule has 1 N–H and O–H groups in total. The van der Waals surface area contributed by atoms with Crippen molar-refractivity contribution >= 4 is 0 Å². The number of aliphatic hydroxyl groups is 1. The molecule has 1 nitrogen and oxygen atoms in total. The molecule has 1 heteroatoms. The van der Waals surface area contributed by atoms with Crippen molar-refractivity contribution in [3.63, 3.8) is 0 Å². The van der Waals surface area contributed by atoms with Gasteiger partial charge in [-0.05, 0) is 12.3 Å². The van der Waals surface area contributed by atoms with Gasteiger partial charge in [0.2, 0.25) is 0 Å². The zero-order chi connectivity index (χ0) is 7.07. The third kappa shape index (κ3) is 0.951. The van der Waals surface area contributed by atoms with Crippen LogP contribution in [0.5, 0.6) is 0 Å². The fourth-order valence-corrected chi connectivity index (χ4v) is 1.23. The van der Waals surface area contributed by atoms with Crippen LogP contribution in [0.25, 0.3) is 0 Å². The third-order valence-corrected chi connectivity index (χ3v) is 2.04. The molecule has 0 aliphatic heterocycles. The molecular weight excluding hydrogens is 112 g/mol. The summed E-state index contributed by atoms with van der Waals surface area (Å²) in [5, 5.41) is 9.33. The van der Waals surface area contributed by atoms with E-state index in [4.69, 9.17) is 6.42 Å². The van der Waals surface area contributed by atoms with Gasteiger partial charge in [0.1, 0.15) is 5.60 Å². The van der Waals surface area contributed by atoms with Crippen LogP contribution in [0.1, 0.15) is 20.3 Å². The zero-order valence-corrected chi connectivity index (χ0v) is 5.89. The van der Waals surface area contributed by atoms with Crippen molar-refractivity contribution in [3.8, 4) is 12.3 Å². The first-order valence-corrected chi connectivity index (χ1v) is 3.30. The second kappa shape index (κ2) is 1.75. The Bertz CT molecular complexity index is 154. The highest BCUT2D eigenvalue weighted by atomic mass is 16.3. The number of terminal acetylenes is 1. The Morgan fingerprint density at radius 1 is 1.78 bits per heavy atom. The van der Waals surface area contributed by atoms with E-state index in [1.165, 1.54) is 0 Å². The Kier molecular flexibility index (Phi) is 1.29. The Hall–Kier alpha value is -0.480. The van der Waals surface area contributed by atoms with Gasteiger partial charge in [0.05, 0.1) is 0 Å². The summed E-state index contributed by atoms with van der Waals surface area (Å²) in [6.45, 7) is 4.17. The summed E-state index contributed by atoms with van der Waals surface area (Å²) in [6.07, 6.45) is 5.89. The maximum absolute atomic E-state index is 9.33. The van der Waals surface area contributed by atoms with E-state index in [1.807, 2.05) is 0 Å². The molecule has 9 heavy (non-hydrogen) atoms. The summed E-state index contributed by atoms with van der Waals surface area (Å²) < 4.78 is 0. The lowest BCUT2D eigenvalue weighted by Crippen LogP contribution is -2.09. The van der Waals surface area contributed by atoms with Gasteiger partial charge >= 0.3 is 0 Å². The maximum atomic E-state index is 9.33. The van der Waals surface area contributed by atoms with Gasteiger partial charge in [-0.25, -0.2) is 0 Å². The molecule has 1 aliphatic rings. The SMILES string of the molecule is C#C[C@]1(O)C[C@H]1C(C)C. The quantitative estimate of drug-likeness (QED) is 0.517. The summed E-state index contributed by atoms with van der Waals surface area (Å²) in [5.41, 5.74) is -0.742. The van der Waals surface area contributed by atoms with Crippen LogP contribution in [-0.4, -0.2) is 10.7 Å². The molecule has 0 heterocycles. The minimum Gasteiger partial charge on any atom is -0.377 e. The van der Waals surface area contributed by atoms with Gasteiger partial charge in [-0.3, -0.25) is 0 Å². The van der Waals surface area contributed by atoms with Gasteiger partial charge in [0, 0.05) is 5.92 Å². The molecule has 1 fully saturated rings. The van der Waals surface area contributed by atoms with E-state index in [0.29, 0.717) is 11.8 Å². The second-order valence-corrected chi connectivity index (χ2v) is 3.12. The maximum Gasteiger partial charge on any atom is 0.128 e. The zero-order valence-electron chi connectivity index (χ0n) is 5.89. The highest BCUT2D eigenvalue weighted by Crippen LogP contribution is 2.47. The van der Waals surface area contributed by atoms with Crippen LogP contribution in [-0.2, 0) is 0 Å². The minimum absolute atomic E-state index is 0.350. The molecule has 0 aromatic heterocycles. The summed E-state index contributed by atoms with van der Waals surface area (Å²) in [4.78, 5) is 0. The molecule has 2 atom stereocenters. The average molecular weight is 124 g/mol. The van der Waals surface area contributed by atoms with E-state index >= 15 is 0 Å². The Morgan fingerprint density at radius 3 is 2.44 bits per heavy atom. The molecule has 0 spiro atoms. The van der Waals surface area contributed by atoms with Crippen LogP contribution >= 0.6 is 0 Å². The smallest absolute Gasteiger partial charge is 0.128 e. The van der Waals surface area contributed by atoms with Crippen LogP contribution in [0.15, 0.2) is 0 Å². The molecule has 1 saturated carbocycles. The average Bonchev–Trinajstić information content (AvgIpc) is 2.44. The molecule has 0 bridgehead atoms. The van der Waals surface area contributed by atoms with Crippen molar-refractivity contribution in [1.82, 2.24) is 0 Å². The molecule has 0 radical (unpaired) electrons. The van der Waals surface area contributed by atoms with Gasteiger partial charge in [-0.2, -0.15) is 0 Å². The van der Waals surface area contributed by atoms with Crippen molar-refractivity contribution in [3.05, 3.63) is 0 Å². The fraction of sp³-hybridized carbons (Fsp3) is 0.750.